The molecular weight excluding hydrogens is 368 g/mol. The van der Waals surface area contributed by atoms with E-state index >= 15 is 0 Å². The molecule has 0 radical (unpaired) electrons. The van der Waals surface area contributed by atoms with Crippen LogP contribution < -0.4 is 20.3 Å². The standard InChI is InChI=1S/C21H26N6O2/c1-25(2)21-23-10-6-20(24-21)26-11-7-15(8-12-26)29-18-5-3-4-17-16(18)9-13-27(17)14-19(22)28/h3-6,9-10,13,15H,7-8,11-12,14H2,1-2H3,(H2,22,28). The average molecular weight is 394 g/mol. The highest BCUT2D eigenvalue weighted by atomic mass is 16.5. The molecule has 0 unspecified atom stereocenters. The van der Waals surface area contributed by atoms with E-state index in [0.29, 0.717) is 5.95 Å². The Hall–Kier alpha value is -3.29. The number of anilines is 2. The molecular formula is C21H26N6O2. The molecule has 2 N–H and O–H groups in total. The van der Waals surface area contributed by atoms with Crippen molar-refractivity contribution >= 4 is 28.6 Å². The van der Waals surface area contributed by atoms with Crippen molar-refractivity contribution in [1.29, 1.82) is 0 Å². The largest absolute Gasteiger partial charge is 0.490 e. The summed E-state index contributed by atoms with van der Waals surface area (Å²) in [7, 11) is 3.88. The number of fused-ring (bicyclic) bond motifs is 1. The van der Waals surface area contributed by atoms with Crippen molar-refractivity contribution in [2.45, 2.75) is 25.5 Å². The number of aromatic nitrogens is 3. The smallest absolute Gasteiger partial charge is 0.237 e. The van der Waals surface area contributed by atoms with Crippen molar-refractivity contribution in [3.8, 4) is 5.75 Å². The summed E-state index contributed by atoms with van der Waals surface area (Å²) in [5.41, 5.74) is 6.30. The molecule has 1 aliphatic rings. The van der Waals surface area contributed by atoms with Crippen molar-refractivity contribution in [3.63, 3.8) is 0 Å². The Morgan fingerprint density at radius 2 is 2.03 bits per heavy atom. The lowest BCUT2D eigenvalue weighted by Crippen LogP contribution is -2.38. The molecule has 1 amide bonds. The van der Waals surface area contributed by atoms with Gasteiger partial charge in [0.1, 0.15) is 24.2 Å². The van der Waals surface area contributed by atoms with Gasteiger partial charge < -0.3 is 24.8 Å². The molecule has 1 fully saturated rings. The van der Waals surface area contributed by atoms with E-state index < -0.39 is 0 Å². The number of carbonyl (C=O) groups is 1. The second kappa shape index (κ2) is 7.98. The molecule has 3 heterocycles. The molecule has 0 bridgehead atoms. The molecule has 152 valence electrons. The Bertz CT molecular complexity index is 1010. The number of carbonyl (C=O) groups excluding carboxylic acids is 1. The number of hydrogen-bond donors (Lipinski definition) is 1. The highest BCUT2D eigenvalue weighted by molar-refractivity contribution is 5.87. The summed E-state index contributed by atoms with van der Waals surface area (Å²) in [4.78, 5) is 24.4. The van der Waals surface area contributed by atoms with Gasteiger partial charge >= 0.3 is 0 Å². The van der Waals surface area contributed by atoms with Gasteiger partial charge in [0, 0.05) is 57.8 Å². The average Bonchev–Trinajstić information content (AvgIpc) is 3.12. The lowest BCUT2D eigenvalue weighted by atomic mass is 10.1. The van der Waals surface area contributed by atoms with Gasteiger partial charge in [0.05, 0.1) is 5.52 Å². The Labute approximate surface area is 169 Å². The van der Waals surface area contributed by atoms with E-state index in [1.807, 2.05) is 60.1 Å². The van der Waals surface area contributed by atoms with Crippen molar-refractivity contribution < 1.29 is 9.53 Å². The molecule has 0 aliphatic carbocycles. The molecule has 3 aromatic rings. The number of amides is 1. The zero-order chi connectivity index (χ0) is 20.4. The molecule has 1 aromatic carbocycles. The van der Waals surface area contributed by atoms with Crippen molar-refractivity contribution in [2.24, 2.45) is 5.73 Å². The fraction of sp³-hybridized carbons (Fsp3) is 0.381. The number of primary amides is 1. The second-order valence-electron chi connectivity index (χ2n) is 7.51. The number of benzene rings is 1. The van der Waals surface area contributed by atoms with Gasteiger partial charge in [0.25, 0.3) is 0 Å². The molecule has 0 saturated carbocycles. The normalized spacial score (nSPS) is 14.9. The zero-order valence-electron chi connectivity index (χ0n) is 16.8. The molecule has 4 rings (SSSR count). The van der Waals surface area contributed by atoms with Crippen LogP contribution in [-0.4, -0.2) is 53.7 Å². The first kappa shape index (κ1) is 19.0. The maximum absolute atomic E-state index is 11.3. The van der Waals surface area contributed by atoms with E-state index in [1.54, 1.807) is 6.20 Å². The van der Waals surface area contributed by atoms with E-state index in [-0.39, 0.29) is 18.6 Å². The second-order valence-corrected chi connectivity index (χ2v) is 7.51. The molecule has 0 atom stereocenters. The van der Waals surface area contributed by atoms with Crippen LogP contribution in [-0.2, 0) is 11.3 Å². The molecule has 1 saturated heterocycles. The number of nitrogens with two attached hydrogens (primary N) is 1. The summed E-state index contributed by atoms with van der Waals surface area (Å²) < 4.78 is 8.19. The van der Waals surface area contributed by atoms with E-state index in [1.165, 1.54) is 0 Å². The van der Waals surface area contributed by atoms with E-state index in [0.717, 1.165) is 48.4 Å². The van der Waals surface area contributed by atoms with Crippen molar-refractivity contribution in [3.05, 3.63) is 42.7 Å². The Morgan fingerprint density at radius 1 is 1.24 bits per heavy atom. The van der Waals surface area contributed by atoms with Crippen LogP contribution in [0.4, 0.5) is 11.8 Å². The first-order chi connectivity index (χ1) is 14.0. The van der Waals surface area contributed by atoms with E-state index in [9.17, 15) is 4.79 Å². The van der Waals surface area contributed by atoms with Crippen LogP contribution in [0.15, 0.2) is 42.7 Å². The maximum Gasteiger partial charge on any atom is 0.237 e. The fourth-order valence-electron chi connectivity index (χ4n) is 3.72. The van der Waals surface area contributed by atoms with Crippen molar-refractivity contribution in [2.75, 3.05) is 37.0 Å². The van der Waals surface area contributed by atoms with Gasteiger partial charge in [0.2, 0.25) is 11.9 Å². The summed E-state index contributed by atoms with van der Waals surface area (Å²) in [5, 5.41) is 1.00. The lowest BCUT2D eigenvalue weighted by molar-refractivity contribution is -0.118. The number of nitrogens with zero attached hydrogens (tertiary/aromatic N) is 5. The molecule has 8 nitrogen and oxygen atoms in total. The van der Waals surface area contributed by atoms with Gasteiger partial charge in [-0.2, -0.15) is 4.98 Å². The highest BCUT2D eigenvalue weighted by Gasteiger charge is 2.23. The predicted molar refractivity (Wildman–Crippen MR) is 113 cm³/mol. The van der Waals surface area contributed by atoms with Crippen LogP contribution in [0.25, 0.3) is 10.9 Å². The first-order valence-electron chi connectivity index (χ1n) is 9.79. The molecule has 8 heteroatoms. The van der Waals surface area contributed by atoms with Crippen LogP contribution in [0.2, 0.25) is 0 Å². The van der Waals surface area contributed by atoms with Gasteiger partial charge in [-0.15, -0.1) is 0 Å². The molecule has 2 aromatic heterocycles. The van der Waals surface area contributed by atoms with Crippen LogP contribution in [0.3, 0.4) is 0 Å². The van der Waals surface area contributed by atoms with Gasteiger partial charge in [-0.1, -0.05) is 6.07 Å². The van der Waals surface area contributed by atoms with Crippen LogP contribution in [0.1, 0.15) is 12.8 Å². The summed E-state index contributed by atoms with van der Waals surface area (Å²) >= 11 is 0. The SMILES string of the molecule is CN(C)c1nccc(N2CCC(Oc3cccc4c3ccn4CC(N)=O)CC2)n1. The van der Waals surface area contributed by atoms with Crippen LogP contribution in [0, 0.1) is 0 Å². The fourth-order valence-corrected chi connectivity index (χ4v) is 3.72. The molecule has 0 spiro atoms. The number of rotatable bonds is 6. The number of hydrogen-bond acceptors (Lipinski definition) is 6. The third-order valence-electron chi connectivity index (χ3n) is 5.19. The summed E-state index contributed by atoms with van der Waals surface area (Å²) in [6, 6.07) is 9.85. The minimum absolute atomic E-state index is 0.145. The number of piperidine rings is 1. The lowest BCUT2D eigenvalue weighted by Gasteiger charge is -2.33. The Morgan fingerprint density at radius 3 is 2.76 bits per heavy atom. The summed E-state index contributed by atoms with van der Waals surface area (Å²) in [5.74, 6) is 2.16. The maximum atomic E-state index is 11.3. The zero-order valence-corrected chi connectivity index (χ0v) is 16.8. The quantitative estimate of drug-likeness (QED) is 0.688. The third-order valence-corrected chi connectivity index (χ3v) is 5.19. The van der Waals surface area contributed by atoms with Gasteiger partial charge in [-0.05, 0) is 24.3 Å². The highest BCUT2D eigenvalue weighted by Crippen LogP contribution is 2.30. The monoisotopic (exact) mass is 394 g/mol. The summed E-state index contributed by atoms with van der Waals surface area (Å²) in [6.07, 6.45) is 5.66. The minimum atomic E-state index is -0.358. The van der Waals surface area contributed by atoms with Gasteiger partial charge in [-0.3, -0.25) is 4.79 Å². The van der Waals surface area contributed by atoms with Gasteiger partial charge in [-0.25, -0.2) is 4.98 Å². The third kappa shape index (κ3) is 4.11. The topological polar surface area (TPSA) is 89.5 Å². The summed E-state index contributed by atoms with van der Waals surface area (Å²) in [6.45, 7) is 1.93. The Kier molecular flexibility index (Phi) is 5.24. The van der Waals surface area contributed by atoms with Crippen molar-refractivity contribution in [1.82, 2.24) is 14.5 Å². The first-order valence-corrected chi connectivity index (χ1v) is 9.79. The Balaban J connectivity index is 1.43. The van der Waals surface area contributed by atoms with Crippen LogP contribution in [0.5, 0.6) is 5.75 Å². The van der Waals surface area contributed by atoms with E-state index in [4.69, 9.17) is 10.5 Å². The van der Waals surface area contributed by atoms with Gasteiger partial charge in [0.15, 0.2) is 0 Å². The predicted octanol–water partition coefficient (Wildman–Crippen LogP) is 2.03. The minimum Gasteiger partial charge on any atom is -0.490 e. The number of ether oxygens (including phenoxy) is 1. The van der Waals surface area contributed by atoms with Crippen LogP contribution >= 0.6 is 0 Å². The molecule has 1 aliphatic heterocycles. The molecule has 29 heavy (non-hydrogen) atoms. The van der Waals surface area contributed by atoms with E-state index in [2.05, 4.69) is 14.9 Å².